The van der Waals surface area contributed by atoms with Crippen molar-refractivity contribution >= 4 is 34.3 Å². The summed E-state index contributed by atoms with van der Waals surface area (Å²) in [6.07, 6.45) is 1.82. The normalized spacial score (nSPS) is 21.7. The number of carboxylic acid groups (broad SMARTS) is 1. The van der Waals surface area contributed by atoms with Crippen molar-refractivity contribution in [2.24, 2.45) is 0 Å². The van der Waals surface area contributed by atoms with Gasteiger partial charge in [0, 0.05) is 25.7 Å². The van der Waals surface area contributed by atoms with Crippen LogP contribution in [0.2, 0.25) is 5.02 Å². The molecular weight excluding hydrogens is 405 g/mol. The van der Waals surface area contributed by atoms with Gasteiger partial charge in [-0.05, 0) is 32.4 Å². The van der Waals surface area contributed by atoms with Crippen molar-refractivity contribution in [1.29, 1.82) is 0 Å². The number of benzene rings is 1. The molecule has 1 aliphatic carbocycles. The van der Waals surface area contributed by atoms with Gasteiger partial charge in [0.15, 0.2) is 5.75 Å². The second kappa shape index (κ2) is 7.16. The van der Waals surface area contributed by atoms with Crippen LogP contribution in [-0.2, 0) is 0 Å². The molecule has 3 N–H and O–H groups in total. The predicted molar refractivity (Wildman–Crippen MR) is 106 cm³/mol. The van der Waals surface area contributed by atoms with Crippen molar-refractivity contribution in [3.63, 3.8) is 0 Å². The van der Waals surface area contributed by atoms with Crippen molar-refractivity contribution < 1.29 is 24.1 Å². The van der Waals surface area contributed by atoms with Gasteiger partial charge in [0.05, 0.1) is 33.4 Å². The lowest BCUT2D eigenvalue weighted by Gasteiger charge is -2.26. The number of likely N-dealkylation sites (N-methyl/N-ethyl adjacent to an activating group) is 1. The van der Waals surface area contributed by atoms with Crippen molar-refractivity contribution in [1.82, 2.24) is 9.88 Å². The molecule has 1 aromatic heterocycles. The van der Waals surface area contributed by atoms with E-state index in [0.717, 1.165) is 18.9 Å². The van der Waals surface area contributed by atoms with E-state index in [2.05, 4.69) is 10.1 Å². The second-order valence-electron chi connectivity index (χ2n) is 7.67. The Morgan fingerprint density at radius 3 is 2.83 bits per heavy atom. The molecule has 0 spiro atoms. The van der Waals surface area contributed by atoms with E-state index in [-0.39, 0.29) is 34.4 Å². The average molecular weight is 426 g/mol. The first kappa shape index (κ1) is 19.9. The number of hydrogen-bond donors (Lipinski definition) is 3. The highest BCUT2D eigenvalue weighted by Crippen LogP contribution is 2.43. The molecule has 1 aliphatic heterocycles. The van der Waals surface area contributed by atoms with Gasteiger partial charge in [-0.25, -0.2) is 9.18 Å². The summed E-state index contributed by atoms with van der Waals surface area (Å²) in [6.45, 7) is 0.969. The number of aliphatic hydroxyl groups is 1. The monoisotopic (exact) mass is 425 g/mol. The summed E-state index contributed by atoms with van der Waals surface area (Å²) in [5.74, 6) is -1.09. The third-order valence-electron chi connectivity index (χ3n) is 5.44. The zero-order valence-electron chi connectivity index (χ0n) is 15.7. The molecule has 10 heteroatoms. The standard InChI is InChI=1S/C19H21ClFN3O5/c1-22-8-19(28)4-5-23(9-19)16-12(21)6-11-15(14(16)20)24(10-2-3-10)7-13(17(11)25)29-18(26)27/h6-7,10,22,28H,2-5,8-9H2,1H3,(H,26,27). The van der Waals surface area contributed by atoms with E-state index >= 15 is 4.39 Å². The molecule has 0 amide bonds. The van der Waals surface area contributed by atoms with Crippen LogP contribution >= 0.6 is 11.6 Å². The highest BCUT2D eigenvalue weighted by molar-refractivity contribution is 6.38. The van der Waals surface area contributed by atoms with E-state index in [1.807, 2.05) is 0 Å². The summed E-state index contributed by atoms with van der Waals surface area (Å²) >= 11 is 6.61. The van der Waals surface area contributed by atoms with Crippen LogP contribution in [0, 0.1) is 5.82 Å². The number of ether oxygens (including phenoxy) is 1. The van der Waals surface area contributed by atoms with Crippen LogP contribution in [0.25, 0.3) is 10.9 Å². The van der Waals surface area contributed by atoms with Gasteiger partial charge in [-0.3, -0.25) is 4.79 Å². The summed E-state index contributed by atoms with van der Waals surface area (Å²) < 4.78 is 21.4. The Morgan fingerprint density at radius 2 is 2.21 bits per heavy atom. The first-order chi connectivity index (χ1) is 13.7. The summed E-state index contributed by atoms with van der Waals surface area (Å²) in [7, 11) is 1.73. The highest BCUT2D eigenvalue weighted by atomic mass is 35.5. The molecule has 2 fully saturated rings. The lowest BCUT2D eigenvalue weighted by atomic mass is 10.0. The van der Waals surface area contributed by atoms with Gasteiger partial charge in [0.25, 0.3) is 0 Å². The first-order valence-corrected chi connectivity index (χ1v) is 9.71. The summed E-state index contributed by atoms with van der Waals surface area (Å²) in [5.41, 5.74) is -1.27. The number of nitrogens with zero attached hydrogens (tertiary/aromatic N) is 2. The van der Waals surface area contributed by atoms with E-state index in [1.54, 1.807) is 16.5 Å². The van der Waals surface area contributed by atoms with Crippen LogP contribution < -0.4 is 20.4 Å². The number of β-amino-alcohol motifs (C(OH)–C–C–N with tert-alkyl or cyclic N) is 1. The molecule has 1 atom stereocenters. The topological polar surface area (TPSA) is 104 Å². The fourth-order valence-electron chi connectivity index (χ4n) is 4.02. The van der Waals surface area contributed by atoms with Gasteiger partial charge in [0.1, 0.15) is 5.82 Å². The van der Waals surface area contributed by atoms with Crippen molar-refractivity contribution in [2.75, 3.05) is 31.6 Å². The molecule has 1 saturated heterocycles. The number of carbonyl (C=O) groups is 1. The number of anilines is 1. The minimum absolute atomic E-state index is 0.0323. The Morgan fingerprint density at radius 1 is 1.48 bits per heavy atom. The van der Waals surface area contributed by atoms with Crippen molar-refractivity contribution in [3.05, 3.63) is 33.3 Å². The van der Waals surface area contributed by atoms with Crippen LogP contribution in [0.5, 0.6) is 5.75 Å². The maximum absolute atomic E-state index is 15.1. The van der Waals surface area contributed by atoms with Gasteiger partial charge in [-0.1, -0.05) is 11.6 Å². The van der Waals surface area contributed by atoms with E-state index in [4.69, 9.17) is 16.7 Å². The van der Waals surface area contributed by atoms with Crippen LogP contribution in [-0.4, -0.2) is 53.2 Å². The van der Waals surface area contributed by atoms with Gasteiger partial charge >= 0.3 is 6.16 Å². The molecule has 2 aliphatic rings. The minimum atomic E-state index is -1.62. The Balaban J connectivity index is 1.88. The fourth-order valence-corrected chi connectivity index (χ4v) is 4.43. The number of nitrogens with one attached hydrogen (secondary N) is 1. The maximum Gasteiger partial charge on any atom is 0.511 e. The lowest BCUT2D eigenvalue weighted by molar-refractivity contribution is 0.0651. The Labute approximate surface area is 170 Å². The Bertz CT molecular complexity index is 1050. The molecule has 2 heterocycles. The van der Waals surface area contributed by atoms with Crippen LogP contribution in [0.3, 0.4) is 0 Å². The third-order valence-corrected chi connectivity index (χ3v) is 5.80. The van der Waals surface area contributed by atoms with Gasteiger partial charge in [0.2, 0.25) is 5.43 Å². The predicted octanol–water partition coefficient (Wildman–Crippen LogP) is 2.35. The molecule has 1 unspecified atom stereocenters. The molecule has 4 rings (SSSR count). The molecule has 8 nitrogen and oxygen atoms in total. The highest BCUT2D eigenvalue weighted by Gasteiger charge is 2.38. The number of aromatic nitrogens is 1. The first-order valence-electron chi connectivity index (χ1n) is 9.33. The van der Waals surface area contributed by atoms with E-state index in [9.17, 15) is 14.7 Å². The molecule has 2 aromatic rings. The Hall–Kier alpha value is -2.36. The fraction of sp³-hybridized carbons (Fsp3) is 0.474. The molecule has 0 bridgehead atoms. The SMILES string of the molecule is CNCC1(O)CCN(c2c(F)cc3c(=O)c(OC(=O)O)cn(C4CC4)c3c2Cl)C1. The van der Waals surface area contributed by atoms with Gasteiger partial charge in [-0.2, -0.15) is 0 Å². The molecule has 29 heavy (non-hydrogen) atoms. The van der Waals surface area contributed by atoms with Crippen LogP contribution in [0.1, 0.15) is 25.3 Å². The van der Waals surface area contributed by atoms with Crippen molar-refractivity contribution in [2.45, 2.75) is 30.9 Å². The largest absolute Gasteiger partial charge is 0.511 e. The summed E-state index contributed by atoms with van der Waals surface area (Å²) in [5, 5.41) is 22.5. The van der Waals surface area contributed by atoms with E-state index < -0.39 is 23.0 Å². The second-order valence-corrected chi connectivity index (χ2v) is 8.05. The third kappa shape index (κ3) is 3.54. The molecular formula is C19H21ClFN3O5. The molecule has 1 aromatic carbocycles. The average Bonchev–Trinajstić information content (AvgIpc) is 3.41. The Kier molecular flexibility index (Phi) is 4.92. The van der Waals surface area contributed by atoms with E-state index in [0.29, 0.717) is 25.0 Å². The van der Waals surface area contributed by atoms with Gasteiger partial charge < -0.3 is 29.7 Å². The van der Waals surface area contributed by atoms with Crippen LogP contribution in [0.15, 0.2) is 17.1 Å². The number of fused-ring (bicyclic) bond motifs is 1. The van der Waals surface area contributed by atoms with Crippen LogP contribution in [0.4, 0.5) is 14.9 Å². The number of halogens is 2. The number of hydrogen-bond acceptors (Lipinski definition) is 6. The zero-order chi connectivity index (χ0) is 20.9. The number of rotatable bonds is 5. The van der Waals surface area contributed by atoms with Crippen molar-refractivity contribution in [3.8, 4) is 5.75 Å². The lowest BCUT2D eigenvalue weighted by Crippen LogP contribution is -2.42. The maximum atomic E-state index is 15.1. The van der Waals surface area contributed by atoms with Gasteiger partial charge in [-0.15, -0.1) is 0 Å². The summed E-state index contributed by atoms with van der Waals surface area (Å²) in [6, 6.07) is 1.10. The van der Waals surface area contributed by atoms with E-state index in [1.165, 1.54) is 6.20 Å². The molecule has 0 radical (unpaired) electrons. The zero-order valence-corrected chi connectivity index (χ0v) is 16.5. The smallest absolute Gasteiger partial charge is 0.449 e. The molecule has 156 valence electrons. The quantitative estimate of drug-likeness (QED) is 0.631. The summed E-state index contributed by atoms with van der Waals surface area (Å²) in [4.78, 5) is 25.3. The molecule has 1 saturated carbocycles. The number of pyridine rings is 1. The minimum Gasteiger partial charge on any atom is -0.449 e.